The van der Waals surface area contributed by atoms with Crippen LogP contribution in [0.5, 0.6) is 5.75 Å². The van der Waals surface area contributed by atoms with Crippen molar-refractivity contribution >= 4 is 6.29 Å². The highest BCUT2D eigenvalue weighted by atomic mass is 19.4. The van der Waals surface area contributed by atoms with Crippen LogP contribution in [0.15, 0.2) is 16.9 Å². The Hall–Kier alpha value is -2.73. The van der Waals surface area contributed by atoms with Crippen LogP contribution in [0.2, 0.25) is 0 Å². The third-order valence-corrected chi connectivity index (χ3v) is 4.62. The summed E-state index contributed by atoms with van der Waals surface area (Å²) in [4.78, 5) is 23.8. The van der Waals surface area contributed by atoms with Crippen molar-refractivity contribution in [2.75, 3.05) is 13.2 Å². The zero-order chi connectivity index (χ0) is 22.6. The van der Waals surface area contributed by atoms with E-state index in [4.69, 9.17) is 9.47 Å². The van der Waals surface area contributed by atoms with Gasteiger partial charge < -0.3 is 14.2 Å². The van der Waals surface area contributed by atoms with Crippen LogP contribution in [0.4, 0.5) is 17.6 Å². The quantitative estimate of drug-likeness (QED) is 0.457. The van der Waals surface area contributed by atoms with Gasteiger partial charge in [0, 0.05) is 19.2 Å². The number of hydrogen-bond acceptors (Lipinski definition) is 6. The van der Waals surface area contributed by atoms with E-state index in [1.165, 1.54) is 4.57 Å². The van der Waals surface area contributed by atoms with Crippen molar-refractivity contribution in [3.05, 3.63) is 39.8 Å². The molecule has 0 N–H and O–H groups in total. The summed E-state index contributed by atoms with van der Waals surface area (Å²) < 4.78 is 69.8. The molecule has 1 aliphatic heterocycles. The van der Waals surface area contributed by atoms with E-state index in [2.05, 4.69) is 9.84 Å². The van der Waals surface area contributed by atoms with Crippen LogP contribution in [0.3, 0.4) is 0 Å². The lowest BCUT2D eigenvalue weighted by Gasteiger charge is -2.22. The molecule has 1 atom stereocenters. The third kappa shape index (κ3) is 5.50. The lowest BCUT2D eigenvalue weighted by molar-refractivity contribution is -0.170. The number of nitrogens with zero attached hydrogens (tertiary/aromatic N) is 3. The Morgan fingerprint density at radius 1 is 1.32 bits per heavy atom. The minimum Gasteiger partial charge on any atom is -0.483 e. The summed E-state index contributed by atoms with van der Waals surface area (Å²) >= 11 is 0. The number of aldehydes is 1. The van der Waals surface area contributed by atoms with Gasteiger partial charge in [0.15, 0.2) is 25.0 Å². The smallest absolute Gasteiger partial charge is 0.422 e. The van der Waals surface area contributed by atoms with Gasteiger partial charge in [0.2, 0.25) is 0 Å². The summed E-state index contributed by atoms with van der Waals surface area (Å²) in [6.45, 7) is 0.685. The van der Waals surface area contributed by atoms with Crippen molar-refractivity contribution in [2.24, 2.45) is 0 Å². The normalized spacial score (nSPS) is 17.0. The number of carbonyl (C=O) groups excluding carboxylic acids is 1. The van der Waals surface area contributed by atoms with Gasteiger partial charge in [0.25, 0.3) is 0 Å². The van der Waals surface area contributed by atoms with Crippen molar-refractivity contribution in [1.29, 1.82) is 0 Å². The highest BCUT2D eigenvalue weighted by Gasteiger charge is 2.29. The summed E-state index contributed by atoms with van der Waals surface area (Å²) in [5.41, 5.74) is -1.59. The standard InChI is InChI=1S/C19H21F4N3O5/c1-2-25-16(10-30-17-5-3-4-6-29-17)24-26(18(25)28)14-8-15(31-11-19(21,22)23)12(9-27)7-13(14)20/h7-9,17H,2-6,10-11H2,1H3. The third-order valence-electron chi connectivity index (χ3n) is 4.62. The number of rotatable bonds is 8. The van der Waals surface area contributed by atoms with Crippen molar-refractivity contribution in [1.82, 2.24) is 14.3 Å². The van der Waals surface area contributed by atoms with E-state index in [1.54, 1.807) is 6.92 Å². The Labute approximate surface area is 174 Å². The number of alkyl halides is 3. The Morgan fingerprint density at radius 3 is 2.71 bits per heavy atom. The van der Waals surface area contributed by atoms with Gasteiger partial charge in [-0.3, -0.25) is 9.36 Å². The molecule has 0 amide bonds. The lowest BCUT2D eigenvalue weighted by Crippen LogP contribution is -2.26. The SMILES string of the molecule is CCn1c(COC2CCCCO2)nn(-c2cc(OCC(F)(F)F)c(C=O)cc2F)c1=O. The van der Waals surface area contributed by atoms with Crippen LogP contribution in [0, 0.1) is 5.82 Å². The van der Waals surface area contributed by atoms with E-state index in [0.717, 1.165) is 18.9 Å². The maximum atomic E-state index is 14.6. The van der Waals surface area contributed by atoms with E-state index in [0.29, 0.717) is 23.8 Å². The van der Waals surface area contributed by atoms with Gasteiger partial charge in [-0.15, -0.1) is 5.10 Å². The first-order valence-corrected chi connectivity index (χ1v) is 9.64. The lowest BCUT2D eigenvalue weighted by atomic mass is 10.2. The monoisotopic (exact) mass is 447 g/mol. The second kappa shape index (κ2) is 9.60. The molecule has 0 bridgehead atoms. The number of aromatic nitrogens is 3. The molecule has 0 spiro atoms. The molecule has 2 aromatic rings. The summed E-state index contributed by atoms with van der Waals surface area (Å²) in [7, 11) is 0. The van der Waals surface area contributed by atoms with Crippen molar-refractivity contribution < 1.29 is 36.6 Å². The average molecular weight is 447 g/mol. The molecule has 1 saturated heterocycles. The average Bonchev–Trinajstić information content (AvgIpc) is 3.06. The number of halogens is 4. The van der Waals surface area contributed by atoms with Crippen LogP contribution in [0.1, 0.15) is 42.4 Å². The zero-order valence-electron chi connectivity index (χ0n) is 16.7. The highest BCUT2D eigenvalue weighted by Crippen LogP contribution is 2.26. The number of carbonyl (C=O) groups is 1. The number of hydrogen-bond donors (Lipinski definition) is 0. The summed E-state index contributed by atoms with van der Waals surface area (Å²) in [5.74, 6) is -1.35. The van der Waals surface area contributed by atoms with Gasteiger partial charge in [-0.25, -0.2) is 9.18 Å². The fourth-order valence-electron chi connectivity index (χ4n) is 3.13. The van der Waals surface area contributed by atoms with Crippen molar-refractivity contribution in [3.63, 3.8) is 0 Å². The molecule has 1 aromatic carbocycles. The topological polar surface area (TPSA) is 84.6 Å². The van der Waals surface area contributed by atoms with Gasteiger partial charge in [-0.2, -0.15) is 17.9 Å². The predicted octanol–water partition coefficient (Wildman–Crippen LogP) is 2.99. The van der Waals surface area contributed by atoms with Gasteiger partial charge in [-0.1, -0.05) is 0 Å². The first kappa shape index (κ1) is 22.9. The summed E-state index contributed by atoms with van der Waals surface area (Å²) in [6, 6.07) is 1.53. The van der Waals surface area contributed by atoms with Crippen molar-refractivity contribution in [3.8, 4) is 11.4 Å². The molecule has 31 heavy (non-hydrogen) atoms. The molecule has 170 valence electrons. The largest absolute Gasteiger partial charge is 0.483 e. The van der Waals surface area contributed by atoms with E-state index in [-0.39, 0.29) is 25.3 Å². The molecular formula is C19H21F4N3O5. The Morgan fingerprint density at radius 2 is 2.10 bits per heavy atom. The Bertz CT molecular complexity index is 980. The molecule has 12 heteroatoms. The molecule has 0 radical (unpaired) electrons. The fourth-order valence-corrected chi connectivity index (χ4v) is 3.13. The molecular weight excluding hydrogens is 426 g/mol. The van der Waals surface area contributed by atoms with E-state index >= 15 is 0 Å². The minimum atomic E-state index is -4.67. The molecule has 0 aliphatic carbocycles. The minimum absolute atomic E-state index is 0.0772. The van der Waals surface area contributed by atoms with Crippen LogP contribution < -0.4 is 10.4 Å². The van der Waals surface area contributed by atoms with Gasteiger partial charge in [-0.05, 0) is 32.3 Å². The second-order valence-corrected chi connectivity index (χ2v) is 6.83. The number of ether oxygens (including phenoxy) is 3. The highest BCUT2D eigenvalue weighted by molar-refractivity contribution is 5.80. The first-order valence-electron chi connectivity index (χ1n) is 9.64. The molecule has 1 fully saturated rings. The first-order chi connectivity index (χ1) is 14.7. The summed E-state index contributed by atoms with van der Waals surface area (Å²) in [5, 5.41) is 4.08. The Kier molecular flexibility index (Phi) is 7.11. The Balaban J connectivity index is 1.92. The molecule has 0 saturated carbocycles. The summed E-state index contributed by atoms with van der Waals surface area (Å²) in [6.07, 6.45) is -2.38. The van der Waals surface area contributed by atoms with Gasteiger partial charge in [0.05, 0.1) is 5.56 Å². The van der Waals surface area contributed by atoms with Crippen LogP contribution in [-0.2, 0) is 22.6 Å². The maximum Gasteiger partial charge on any atom is 0.422 e. The van der Waals surface area contributed by atoms with Gasteiger partial charge in [0.1, 0.15) is 23.9 Å². The van der Waals surface area contributed by atoms with Crippen LogP contribution in [0.25, 0.3) is 5.69 Å². The van der Waals surface area contributed by atoms with Crippen LogP contribution >= 0.6 is 0 Å². The molecule has 1 unspecified atom stereocenters. The number of benzene rings is 1. The van der Waals surface area contributed by atoms with Gasteiger partial charge >= 0.3 is 11.9 Å². The van der Waals surface area contributed by atoms with E-state index in [1.807, 2.05) is 0 Å². The van der Waals surface area contributed by atoms with E-state index < -0.39 is 47.6 Å². The maximum absolute atomic E-state index is 14.6. The molecule has 2 heterocycles. The van der Waals surface area contributed by atoms with Crippen LogP contribution in [-0.4, -0.2) is 46.3 Å². The zero-order valence-corrected chi connectivity index (χ0v) is 16.7. The molecule has 8 nitrogen and oxygen atoms in total. The van der Waals surface area contributed by atoms with E-state index in [9.17, 15) is 27.2 Å². The van der Waals surface area contributed by atoms with Crippen molar-refractivity contribution in [2.45, 2.75) is 51.8 Å². The molecule has 3 rings (SSSR count). The fraction of sp³-hybridized carbons (Fsp3) is 0.526. The molecule has 1 aliphatic rings. The predicted molar refractivity (Wildman–Crippen MR) is 98.8 cm³/mol. The molecule has 1 aromatic heterocycles. The second-order valence-electron chi connectivity index (χ2n) is 6.83.